The largest absolute Gasteiger partial charge is 0.534 e. The molecule has 0 unspecified atom stereocenters. The fourth-order valence-electron chi connectivity index (χ4n) is 4.18. The van der Waals surface area contributed by atoms with Gasteiger partial charge in [-0.3, -0.25) is 4.79 Å². The van der Waals surface area contributed by atoms with Crippen molar-refractivity contribution in [3.8, 4) is 5.75 Å². The van der Waals surface area contributed by atoms with Gasteiger partial charge in [0, 0.05) is 9.26 Å². The van der Waals surface area contributed by atoms with Crippen molar-refractivity contribution in [1.82, 2.24) is 0 Å². The Labute approximate surface area is 224 Å². The third-order valence-electron chi connectivity index (χ3n) is 6.04. The number of hydrogen-bond acceptors (Lipinski definition) is 5. The van der Waals surface area contributed by atoms with E-state index in [1.807, 2.05) is 24.3 Å². The lowest BCUT2D eigenvalue weighted by Gasteiger charge is -2.48. The van der Waals surface area contributed by atoms with Gasteiger partial charge in [0.2, 0.25) is 5.91 Å². The van der Waals surface area contributed by atoms with Crippen LogP contribution in [0.4, 0.5) is 23.2 Å². The van der Waals surface area contributed by atoms with Crippen molar-refractivity contribution in [3.63, 3.8) is 0 Å². The number of anilines is 1. The van der Waals surface area contributed by atoms with E-state index < -0.39 is 45.3 Å². The van der Waals surface area contributed by atoms with Gasteiger partial charge < -0.3 is 14.2 Å². The van der Waals surface area contributed by atoms with Crippen LogP contribution in [-0.2, 0) is 14.9 Å². The topological polar surface area (TPSA) is 83.9 Å². The predicted molar refractivity (Wildman–Crippen MR) is 136 cm³/mol. The fourth-order valence-corrected chi connectivity index (χ4v) is 5.00. The van der Waals surface area contributed by atoms with E-state index >= 15 is 0 Å². The van der Waals surface area contributed by atoms with Crippen LogP contribution in [0.15, 0.2) is 72.8 Å². The molecule has 1 saturated heterocycles. The van der Waals surface area contributed by atoms with Gasteiger partial charge in [-0.25, -0.2) is 4.39 Å². The van der Waals surface area contributed by atoms with Gasteiger partial charge in [-0.15, -0.1) is 0 Å². The molecule has 1 amide bonds. The number of alkyl halides is 3. The monoisotopic (exact) mass is 649 g/mol. The van der Waals surface area contributed by atoms with Crippen molar-refractivity contribution >= 4 is 44.3 Å². The maximum absolute atomic E-state index is 13.2. The molecule has 3 aromatic rings. The van der Waals surface area contributed by atoms with Crippen LogP contribution in [0, 0.1) is 15.3 Å². The molecule has 1 fully saturated rings. The van der Waals surface area contributed by atoms with Crippen molar-refractivity contribution < 1.29 is 40.1 Å². The summed E-state index contributed by atoms with van der Waals surface area (Å²) in [5, 5.41) is 10.5. The maximum atomic E-state index is 13.2. The zero-order valence-electron chi connectivity index (χ0n) is 18.9. The van der Waals surface area contributed by atoms with E-state index in [1.165, 1.54) is 41.3 Å². The second-order valence-electron chi connectivity index (χ2n) is 8.43. The number of β-lactam (4-membered cyclic amide) rings is 1. The van der Waals surface area contributed by atoms with Gasteiger partial charge in [-0.05, 0) is 95.1 Å². The van der Waals surface area contributed by atoms with E-state index in [-0.39, 0.29) is 12.3 Å². The van der Waals surface area contributed by atoms with Gasteiger partial charge in [-0.1, -0.05) is 24.3 Å². The molecule has 0 saturated carbocycles. The number of hydrogen-bond donors (Lipinski definition) is 1. The first kappa shape index (κ1) is 27.3. The molecule has 196 valence electrons. The first-order chi connectivity index (χ1) is 17.4. The van der Waals surface area contributed by atoms with Gasteiger partial charge in [0.05, 0.1) is 18.1 Å². The lowest BCUT2D eigenvalue weighted by Crippen LogP contribution is -2.55. The van der Waals surface area contributed by atoms with E-state index in [0.717, 1.165) is 21.3 Å². The van der Waals surface area contributed by atoms with Crippen LogP contribution in [0.1, 0.15) is 36.1 Å². The third kappa shape index (κ3) is 5.91. The number of carbonyl (C=O) groups is 1. The van der Waals surface area contributed by atoms with Crippen molar-refractivity contribution in [2.24, 2.45) is 5.92 Å². The van der Waals surface area contributed by atoms with Crippen LogP contribution < -0.4 is 9.08 Å². The van der Waals surface area contributed by atoms with Gasteiger partial charge in [0.25, 0.3) is 0 Å². The minimum absolute atomic E-state index is 0.249. The molecule has 6 nitrogen and oxygen atoms in total. The zero-order chi connectivity index (χ0) is 27.0. The number of halogens is 5. The Morgan fingerprint density at radius 1 is 0.973 bits per heavy atom. The van der Waals surface area contributed by atoms with Crippen LogP contribution >= 0.6 is 22.6 Å². The first-order valence-electron chi connectivity index (χ1n) is 11.0. The Morgan fingerprint density at radius 3 is 2.14 bits per heavy atom. The summed E-state index contributed by atoms with van der Waals surface area (Å²) in [5.41, 5.74) is -3.87. The van der Waals surface area contributed by atoms with Crippen LogP contribution in [0.3, 0.4) is 0 Å². The molecule has 3 atom stereocenters. The predicted octanol–water partition coefficient (Wildman–Crippen LogP) is 5.88. The summed E-state index contributed by atoms with van der Waals surface area (Å²) in [4.78, 5) is 14.6. The summed E-state index contributed by atoms with van der Waals surface area (Å²) < 4.78 is 78.6. The van der Waals surface area contributed by atoms with E-state index in [9.17, 15) is 35.9 Å². The molecular weight excluding hydrogens is 629 g/mol. The molecule has 1 aliphatic rings. The first-order valence-corrected chi connectivity index (χ1v) is 13.5. The van der Waals surface area contributed by atoms with E-state index in [1.54, 1.807) is 0 Å². The van der Waals surface area contributed by atoms with Gasteiger partial charge in [0.15, 0.2) is 0 Å². The average molecular weight is 649 g/mol. The molecule has 0 aromatic heterocycles. The van der Waals surface area contributed by atoms with Crippen LogP contribution in [0.25, 0.3) is 0 Å². The highest BCUT2D eigenvalue weighted by molar-refractivity contribution is 14.1. The molecular formula is C25H20F4INO5S. The van der Waals surface area contributed by atoms with E-state index in [0.29, 0.717) is 17.7 Å². The maximum Gasteiger partial charge on any atom is 0.534 e. The number of amides is 1. The van der Waals surface area contributed by atoms with E-state index in [4.69, 9.17) is 0 Å². The van der Waals surface area contributed by atoms with Gasteiger partial charge in [-0.2, -0.15) is 21.6 Å². The van der Waals surface area contributed by atoms with Crippen molar-refractivity contribution in [1.29, 1.82) is 0 Å². The highest BCUT2D eigenvalue weighted by Gasteiger charge is 2.49. The molecule has 37 heavy (non-hydrogen) atoms. The molecule has 1 heterocycles. The molecule has 12 heteroatoms. The van der Waals surface area contributed by atoms with Crippen LogP contribution in [0.5, 0.6) is 5.75 Å². The number of aliphatic hydroxyl groups is 1. The number of nitrogens with zero attached hydrogens (tertiary/aromatic N) is 1. The summed E-state index contributed by atoms with van der Waals surface area (Å²) in [5.74, 6) is -1.71. The third-order valence-corrected chi connectivity index (χ3v) is 7.73. The lowest BCUT2D eigenvalue weighted by molar-refractivity contribution is -0.131. The SMILES string of the molecule is O=C1[C@H](CC[C@H](O)c2ccc(F)cc2)[C@@H](c2ccc(I)cc2)N1c1ccc(OS(=O)(=O)C(F)(F)F)cc1. The molecule has 0 aliphatic carbocycles. The normalized spacial score (nSPS) is 18.9. The highest BCUT2D eigenvalue weighted by atomic mass is 127. The molecule has 1 N–H and O–H groups in total. The number of benzene rings is 3. The Morgan fingerprint density at radius 2 is 1.57 bits per heavy atom. The summed E-state index contributed by atoms with van der Waals surface area (Å²) in [6, 6.07) is 17.2. The van der Waals surface area contributed by atoms with Crippen molar-refractivity contribution in [2.45, 2.75) is 30.5 Å². The summed E-state index contributed by atoms with van der Waals surface area (Å²) >= 11 is 2.15. The zero-order valence-corrected chi connectivity index (χ0v) is 21.9. The molecule has 0 bridgehead atoms. The number of aliphatic hydroxyl groups excluding tert-OH is 1. The second kappa shape index (κ2) is 10.6. The quantitative estimate of drug-likeness (QED) is 0.109. The van der Waals surface area contributed by atoms with Gasteiger partial charge in [0.1, 0.15) is 11.6 Å². The molecule has 4 rings (SSSR count). The minimum atomic E-state index is -5.82. The van der Waals surface area contributed by atoms with Crippen molar-refractivity contribution in [2.75, 3.05) is 4.90 Å². The average Bonchev–Trinajstić information content (AvgIpc) is 2.83. The fraction of sp³-hybridized carbons (Fsp3) is 0.240. The van der Waals surface area contributed by atoms with Crippen LogP contribution in [0.2, 0.25) is 0 Å². The Bertz CT molecular complexity index is 1360. The summed E-state index contributed by atoms with van der Waals surface area (Å²) in [7, 11) is -5.82. The Balaban J connectivity index is 1.54. The molecule has 0 spiro atoms. The summed E-state index contributed by atoms with van der Waals surface area (Å²) in [6.07, 6.45) is -0.319. The Kier molecular flexibility index (Phi) is 7.81. The molecule has 0 radical (unpaired) electrons. The number of carbonyl (C=O) groups excluding carboxylic acids is 1. The molecule has 1 aliphatic heterocycles. The standard InChI is InChI=1S/C25H20F4INO5S/c26-17-5-1-15(2-6-17)22(32)14-13-21-23(16-3-7-18(30)8-4-16)31(24(21)33)19-9-11-20(12-10-19)36-37(34,35)25(27,28)29/h1-12,21-23,32H,13-14H2/t21-,22+,23-/m1/s1. The smallest absolute Gasteiger partial charge is 0.388 e. The van der Waals surface area contributed by atoms with Crippen LogP contribution in [-0.4, -0.2) is 24.9 Å². The minimum Gasteiger partial charge on any atom is -0.388 e. The van der Waals surface area contributed by atoms with E-state index in [2.05, 4.69) is 26.8 Å². The summed E-state index contributed by atoms with van der Waals surface area (Å²) in [6.45, 7) is 0. The van der Waals surface area contributed by atoms with Crippen molar-refractivity contribution in [3.05, 3.63) is 93.3 Å². The Hall–Kier alpha value is -2.71. The second-order valence-corrected chi connectivity index (χ2v) is 11.2. The van der Waals surface area contributed by atoms with Gasteiger partial charge >= 0.3 is 15.6 Å². The highest BCUT2D eigenvalue weighted by Crippen LogP contribution is 2.46. The lowest BCUT2D eigenvalue weighted by atomic mass is 9.78. The number of rotatable bonds is 8. The molecule has 3 aromatic carbocycles.